The summed E-state index contributed by atoms with van der Waals surface area (Å²) in [6.07, 6.45) is 2.34. The van der Waals surface area contributed by atoms with Crippen molar-refractivity contribution < 1.29 is 19.8 Å². The van der Waals surface area contributed by atoms with E-state index in [0.29, 0.717) is 25.7 Å². The smallest absolute Gasteiger partial charge is 0.303 e. The van der Waals surface area contributed by atoms with E-state index >= 15 is 0 Å². The molecule has 0 aliphatic rings. The first-order chi connectivity index (χ1) is 6.83. The lowest BCUT2D eigenvalue weighted by molar-refractivity contribution is -0.138. The average Bonchev–Trinajstić information content (AvgIpc) is 2.01. The van der Waals surface area contributed by atoms with Gasteiger partial charge in [-0.1, -0.05) is 0 Å². The Hall–Kier alpha value is -0.360. The van der Waals surface area contributed by atoms with Gasteiger partial charge in [-0.2, -0.15) is 25.3 Å². The second-order valence-electron chi connectivity index (χ2n) is 3.48. The highest BCUT2D eigenvalue weighted by Crippen LogP contribution is 2.32. The first kappa shape index (κ1) is 14.6. The molecule has 0 amide bonds. The highest BCUT2D eigenvalue weighted by Gasteiger charge is 2.20. The third-order valence-electron chi connectivity index (χ3n) is 1.94. The zero-order chi connectivity index (χ0) is 11.9. The maximum Gasteiger partial charge on any atom is 0.303 e. The topological polar surface area (TPSA) is 74.6 Å². The fraction of sp³-hybridized carbons (Fsp3) is 0.778. The minimum atomic E-state index is -0.835. The molecule has 0 aliphatic heterocycles. The molecular weight excluding hydrogens is 236 g/mol. The molecule has 0 saturated carbocycles. The van der Waals surface area contributed by atoms with Crippen molar-refractivity contribution in [1.29, 1.82) is 0 Å². The SMILES string of the molecule is O=C(O)CCCC(S)(S)CCCC(=O)O. The highest BCUT2D eigenvalue weighted by molar-refractivity contribution is 8.00. The number of carbonyl (C=O) groups is 2. The molecule has 2 N–H and O–H groups in total. The first-order valence-electron chi connectivity index (χ1n) is 4.72. The number of thiol groups is 2. The standard InChI is InChI=1S/C9H16O4S2/c10-7(11)3-1-5-9(14,15)6-2-4-8(12)13/h14-15H,1-6H2,(H,10,11)(H,12,13). The quantitative estimate of drug-likeness (QED) is 0.394. The summed E-state index contributed by atoms with van der Waals surface area (Å²) < 4.78 is -0.565. The lowest BCUT2D eigenvalue weighted by Crippen LogP contribution is -2.14. The molecule has 0 bridgehead atoms. The van der Waals surface area contributed by atoms with E-state index in [4.69, 9.17) is 10.2 Å². The van der Waals surface area contributed by atoms with E-state index in [0.717, 1.165) is 0 Å². The molecule has 0 aromatic carbocycles. The van der Waals surface area contributed by atoms with Gasteiger partial charge in [0.25, 0.3) is 0 Å². The van der Waals surface area contributed by atoms with Crippen LogP contribution in [0.15, 0.2) is 0 Å². The maximum atomic E-state index is 10.3. The summed E-state index contributed by atoms with van der Waals surface area (Å²) >= 11 is 8.54. The molecule has 0 radical (unpaired) electrons. The van der Waals surface area contributed by atoms with Gasteiger partial charge < -0.3 is 10.2 Å². The maximum absolute atomic E-state index is 10.3. The molecule has 0 heterocycles. The highest BCUT2D eigenvalue weighted by atomic mass is 32.2. The van der Waals surface area contributed by atoms with Crippen LogP contribution in [0.2, 0.25) is 0 Å². The van der Waals surface area contributed by atoms with Gasteiger partial charge in [0, 0.05) is 12.8 Å². The van der Waals surface area contributed by atoms with Crippen LogP contribution >= 0.6 is 25.3 Å². The van der Waals surface area contributed by atoms with Gasteiger partial charge in [0.1, 0.15) is 0 Å². The molecule has 0 rings (SSSR count). The normalized spacial score (nSPS) is 11.3. The van der Waals surface area contributed by atoms with Gasteiger partial charge in [-0.3, -0.25) is 9.59 Å². The van der Waals surface area contributed by atoms with Gasteiger partial charge in [-0.25, -0.2) is 0 Å². The number of aliphatic carboxylic acids is 2. The van der Waals surface area contributed by atoms with E-state index in [1.165, 1.54) is 0 Å². The molecule has 0 aliphatic carbocycles. The summed E-state index contributed by atoms with van der Waals surface area (Å²) in [6, 6.07) is 0. The minimum Gasteiger partial charge on any atom is -0.481 e. The Bertz CT molecular complexity index is 206. The van der Waals surface area contributed by atoms with Crippen LogP contribution in [0.5, 0.6) is 0 Å². The number of carboxylic acids is 2. The van der Waals surface area contributed by atoms with Gasteiger partial charge in [0.15, 0.2) is 0 Å². The van der Waals surface area contributed by atoms with Crippen LogP contribution < -0.4 is 0 Å². The summed E-state index contributed by atoms with van der Waals surface area (Å²) in [5.74, 6) is -1.67. The number of rotatable bonds is 8. The van der Waals surface area contributed by atoms with E-state index in [-0.39, 0.29) is 12.8 Å². The van der Waals surface area contributed by atoms with Gasteiger partial charge in [0.05, 0.1) is 4.08 Å². The lowest BCUT2D eigenvalue weighted by atomic mass is 10.1. The van der Waals surface area contributed by atoms with Crippen molar-refractivity contribution >= 4 is 37.2 Å². The molecule has 0 atom stereocenters. The van der Waals surface area contributed by atoms with Crippen LogP contribution in [0.3, 0.4) is 0 Å². The van der Waals surface area contributed by atoms with E-state index in [2.05, 4.69) is 25.3 Å². The molecule has 0 aromatic heterocycles. The molecular formula is C9H16O4S2. The largest absolute Gasteiger partial charge is 0.481 e. The zero-order valence-electron chi connectivity index (χ0n) is 8.35. The Labute approximate surface area is 99.9 Å². The molecule has 6 heteroatoms. The van der Waals surface area contributed by atoms with Crippen LogP contribution in [-0.4, -0.2) is 26.2 Å². The fourth-order valence-corrected chi connectivity index (χ4v) is 1.80. The van der Waals surface area contributed by atoms with Gasteiger partial charge in [-0.05, 0) is 25.7 Å². The van der Waals surface area contributed by atoms with Crippen LogP contribution in [0.4, 0.5) is 0 Å². The third-order valence-corrected chi connectivity index (χ3v) is 2.83. The van der Waals surface area contributed by atoms with Gasteiger partial charge in [0.2, 0.25) is 0 Å². The molecule has 4 nitrogen and oxygen atoms in total. The predicted molar refractivity (Wildman–Crippen MR) is 63.7 cm³/mol. The van der Waals surface area contributed by atoms with Crippen molar-refractivity contribution in [2.75, 3.05) is 0 Å². The Balaban J connectivity index is 3.66. The van der Waals surface area contributed by atoms with Gasteiger partial charge in [-0.15, -0.1) is 0 Å². The summed E-state index contributed by atoms with van der Waals surface area (Å²) in [5, 5.41) is 16.9. The first-order valence-corrected chi connectivity index (χ1v) is 5.61. The number of hydrogen-bond acceptors (Lipinski definition) is 4. The summed E-state index contributed by atoms with van der Waals surface area (Å²) in [7, 11) is 0. The van der Waals surface area contributed by atoms with Crippen molar-refractivity contribution in [2.45, 2.75) is 42.6 Å². The molecule has 88 valence electrons. The van der Waals surface area contributed by atoms with E-state index < -0.39 is 16.0 Å². The van der Waals surface area contributed by atoms with Crippen LogP contribution in [-0.2, 0) is 9.59 Å². The monoisotopic (exact) mass is 252 g/mol. The molecule has 0 fully saturated rings. The van der Waals surface area contributed by atoms with Crippen molar-refractivity contribution in [3.8, 4) is 0 Å². The number of hydrogen-bond donors (Lipinski definition) is 4. The Morgan fingerprint density at radius 3 is 1.53 bits per heavy atom. The molecule has 0 spiro atoms. The molecule has 15 heavy (non-hydrogen) atoms. The third kappa shape index (κ3) is 9.93. The Morgan fingerprint density at radius 2 is 1.27 bits per heavy atom. The van der Waals surface area contributed by atoms with Crippen LogP contribution in [0.25, 0.3) is 0 Å². The van der Waals surface area contributed by atoms with Crippen molar-refractivity contribution in [2.24, 2.45) is 0 Å². The minimum absolute atomic E-state index is 0.0990. The summed E-state index contributed by atoms with van der Waals surface area (Å²) in [4.78, 5) is 20.5. The van der Waals surface area contributed by atoms with Crippen LogP contribution in [0, 0.1) is 0 Å². The van der Waals surface area contributed by atoms with Crippen molar-refractivity contribution in [1.82, 2.24) is 0 Å². The summed E-state index contributed by atoms with van der Waals surface area (Å²) in [6.45, 7) is 0. The average molecular weight is 252 g/mol. The van der Waals surface area contributed by atoms with E-state index in [9.17, 15) is 9.59 Å². The van der Waals surface area contributed by atoms with Crippen molar-refractivity contribution in [3.63, 3.8) is 0 Å². The summed E-state index contributed by atoms with van der Waals surface area (Å²) in [5.41, 5.74) is 0. The molecule has 0 unspecified atom stereocenters. The van der Waals surface area contributed by atoms with Crippen LogP contribution in [0.1, 0.15) is 38.5 Å². The fourth-order valence-electron chi connectivity index (χ4n) is 1.17. The van der Waals surface area contributed by atoms with E-state index in [1.807, 2.05) is 0 Å². The number of carboxylic acid groups (broad SMARTS) is 2. The Morgan fingerprint density at radius 1 is 0.933 bits per heavy atom. The molecule has 0 saturated heterocycles. The predicted octanol–water partition coefficient (Wildman–Crippen LogP) is 2.05. The van der Waals surface area contributed by atoms with Crippen molar-refractivity contribution in [3.05, 3.63) is 0 Å². The second-order valence-corrected chi connectivity index (χ2v) is 5.54. The zero-order valence-corrected chi connectivity index (χ0v) is 10.1. The Kier molecular flexibility index (Phi) is 6.84. The second kappa shape index (κ2) is 7.00. The van der Waals surface area contributed by atoms with Gasteiger partial charge >= 0.3 is 11.9 Å². The lowest BCUT2D eigenvalue weighted by Gasteiger charge is -2.21. The molecule has 0 aromatic rings. The van der Waals surface area contributed by atoms with E-state index in [1.54, 1.807) is 0 Å².